The first-order valence-electron chi connectivity index (χ1n) is 14.9. The molecule has 0 atom stereocenters. The van der Waals surface area contributed by atoms with Gasteiger partial charge in [0.05, 0.1) is 45.3 Å². The van der Waals surface area contributed by atoms with Gasteiger partial charge < -0.3 is 29.0 Å². The Bertz CT molecular complexity index is 2210. The van der Waals surface area contributed by atoms with E-state index >= 15 is 0 Å². The average molecular weight is 613 g/mol. The summed E-state index contributed by atoms with van der Waals surface area (Å²) in [5, 5.41) is 14.9. The molecule has 0 spiro atoms. The highest BCUT2D eigenvalue weighted by Crippen LogP contribution is 2.46. The Morgan fingerprint density at radius 3 is 1.87 bits per heavy atom. The lowest BCUT2D eigenvalue weighted by atomic mass is 9.95. The van der Waals surface area contributed by atoms with Crippen molar-refractivity contribution >= 4 is 22.9 Å². The molecule has 0 radical (unpaired) electrons. The number of carbonyl (C=O) groups is 1. The van der Waals surface area contributed by atoms with Gasteiger partial charge >= 0.3 is 0 Å². The molecule has 8 heteroatoms. The molecule has 2 aliphatic rings. The van der Waals surface area contributed by atoms with Crippen LogP contribution < -0.4 is 34.4 Å². The minimum absolute atomic E-state index is 0.00426. The van der Waals surface area contributed by atoms with Crippen LogP contribution in [0.15, 0.2) is 96.0 Å². The van der Waals surface area contributed by atoms with Gasteiger partial charge in [-0.3, -0.25) is 4.79 Å². The van der Waals surface area contributed by atoms with E-state index in [0.29, 0.717) is 63.3 Å². The number of hydrogen-bond acceptors (Lipinski definition) is 7. The fraction of sp³-hybridized carbons (Fsp3) is 0.158. The van der Waals surface area contributed by atoms with Crippen LogP contribution in [0.25, 0.3) is 16.7 Å². The Labute approximate surface area is 265 Å². The van der Waals surface area contributed by atoms with E-state index in [1.807, 2.05) is 91.0 Å². The maximum Gasteiger partial charge on any atom is 0.259 e. The van der Waals surface area contributed by atoms with Gasteiger partial charge in [-0.05, 0) is 65.6 Å². The Morgan fingerprint density at radius 1 is 0.696 bits per heavy atom. The Morgan fingerprint density at radius 2 is 1.28 bits per heavy atom. The molecule has 0 saturated heterocycles. The van der Waals surface area contributed by atoms with Crippen molar-refractivity contribution in [3.05, 3.63) is 123 Å². The number of nitrogens with zero attached hydrogens (tertiary/aromatic N) is 2. The van der Waals surface area contributed by atoms with E-state index in [-0.39, 0.29) is 11.7 Å². The van der Waals surface area contributed by atoms with Crippen molar-refractivity contribution in [2.75, 3.05) is 39.9 Å². The zero-order valence-corrected chi connectivity index (χ0v) is 26.0. The molecular weight excluding hydrogens is 580 g/mol. The molecule has 0 aliphatic carbocycles. The third-order valence-electron chi connectivity index (χ3n) is 8.65. The zero-order valence-electron chi connectivity index (χ0n) is 26.0. The lowest BCUT2D eigenvalue weighted by molar-refractivity contribution is -0.113. The number of benzene rings is 5. The predicted octanol–water partition coefficient (Wildman–Crippen LogP) is 5.43. The summed E-state index contributed by atoms with van der Waals surface area (Å²) in [5.41, 5.74) is 4.62. The maximum atomic E-state index is 14.7. The fourth-order valence-corrected chi connectivity index (χ4v) is 6.36. The van der Waals surface area contributed by atoms with Gasteiger partial charge in [-0.1, -0.05) is 48.5 Å². The van der Waals surface area contributed by atoms with Crippen molar-refractivity contribution < 1.29 is 28.8 Å². The lowest BCUT2D eigenvalue weighted by Gasteiger charge is -2.23. The molecule has 8 nitrogen and oxygen atoms in total. The number of phenolic OH excluding ortho intramolecular Hbond substituents is 1. The smallest absolute Gasteiger partial charge is 0.259 e. The molecule has 0 aromatic heterocycles. The molecule has 2 heterocycles. The van der Waals surface area contributed by atoms with Crippen molar-refractivity contribution in [1.82, 2.24) is 0 Å². The summed E-state index contributed by atoms with van der Waals surface area (Å²) in [5.74, 6) is 2.55. The van der Waals surface area contributed by atoms with E-state index in [1.165, 1.54) is 0 Å². The highest BCUT2D eigenvalue weighted by molar-refractivity contribution is 6.31. The number of ether oxygens (including phenoxy) is 4. The summed E-state index contributed by atoms with van der Waals surface area (Å²) in [7, 11) is 6.46. The summed E-state index contributed by atoms with van der Waals surface area (Å²) in [6.07, 6.45) is 0.583. The molecule has 0 saturated carbocycles. The SMILES string of the molecule is COc1ccc(CCN2C(=O)C(c3ccc(OC)cc3)=c3c2c(-c2ccc(OC)cc2)c(O)c2c3=c3cccc(OC)c3=N2)cc1. The van der Waals surface area contributed by atoms with Crippen LogP contribution in [0.1, 0.15) is 11.1 Å². The summed E-state index contributed by atoms with van der Waals surface area (Å²) in [4.78, 5) is 21.5. The minimum Gasteiger partial charge on any atom is -0.505 e. The molecule has 0 fully saturated rings. The molecule has 7 rings (SSSR count). The second-order valence-corrected chi connectivity index (χ2v) is 11.0. The second-order valence-electron chi connectivity index (χ2n) is 11.0. The number of carbonyl (C=O) groups excluding carboxylic acids is 1. The van der Waals surface area contributed by atoms with Gasteiger partial charge in [0.15, 0.2) is 5.75 Å². The Hall–Kier alpha value is -5.76. The molecule has 1 amide bonds. The third kappa shape index (κ3) is 4.61. The molecule has 46 heavy (non-hydrogen) atoms. The molecule has 5 aromatic rings. The van der Waals surface area contributed by atoms with E-state index in [2.05, 4.69) is 0 Å². The van der Waals surface area contributed by atoms with Crippen molar-refractivity contribution in [3.8, 4) is 39.9 Å². The molecule has 5 aromatic carbocycles. The number of amides is 1. The lowest BCUT2D eigenvalue weighted by Crippen LogP contribution is -2.31. The number of aromatic hydroxyl groups is 1. The van der Waals surface area contributed by atoms with Crippen LogP contribution in [0.4, 0.5) is 11.4 Å². The average Bonchev–Trinajstić information content (AvgIpc) is 3.63. The zero-order chi connectivity index (χ0) is 31.9. The van der Waals surface area contributed by atoms with Gasteiger partial charge in [0.25, 0.3) is 5.91 Å². The van der Waals surface area contributed by atoms with Gasteiger partial charge in [-0.25, -0.2) is 4.99 Å². The van der Waals surface area contributed by atoms with Gasteiger partial charge in [-0.15, -0.1) is 0 Å². The Balaban J connectivity index is 1.57. The van der Waals surface area contributed by atoms with E-state index < -0.39 is 0 Å². The number of methoxy groups -OCH3 is 4. The van der Waals surface area contributed by atoms with E-state index in [9.17, 15) is 9.90 Å². The van der Waals surface area contributed by atoms with Crippen molar-refractivity contribution in [3.63, 3.8) is 0 Å². The molecular formula is C38H32N2O6. The third-order valence-corrected chi connectivity index (χ3v) is 8.65. The molecule has 0 unspecified atom stereocenters. The Kier molecular flexibility index (Phi) is 7.33. The van der Waals surface area contributed by atoms with Crippen LogP contribution >= 0.6 is 0 Å². The monoisotopic (exact) mass is 612 g/mol. The normalized spacial score (nSPS) is 12.7. The van der Waals surface area contributed by atoms with Crippen LogP contribution in [-0.4, -0.2) is 46.0 Å². The van der Waals surface area contributed by atoms with E-state index in [4.69, 9.17) is 23.9 Å². The molecule has 1 N–H and O–H groups in total. The largest absolute Gasteiger partial charge is 0.505 e. The first-order valence-corrected chi connectivity index (χ1v) is 14.9. The summed E-state index contributed by atoms with van der Waals surface area (Å²) >= 11 is 0. The van der Waals surface area contributed by atoms with Crippen molar-refractivity contribution in [2.24, 2.45) is 4.99 Å². The van der Waals surface area contributed by atoms with Crippen molar-refractivity contribution in [1.29, 1.82) is 0 Å². The number of fused-ring (bicyclic) bond motifs is 4. The van der Waals surface area contributed by atoms with Crippen LogP contribution in [0.5, 0.6) is 28.7 Å². The topological polar surface area (TPSA) is 89.8 Å². The maximum absolute atomic E-state index is 14.7. The minimum atomic E-state index is -0.160. The van der Waals surface area contributed by atoms with Crippen LogP contribution in [0.3, 0.4) is 0 Å². The van der Waals surface area contributed by atoms with Crippen LogP contribution in [0.2, 0.25) is 0 Å². The first kappa shape index (κ1) is 29.0. The number of para-hydroxylation sites is 1. The number of hydrogen-bond donors (Lipinski definition) is 1. The number of rotatable bonds is 9. The second kappa shape index (κ2) is 11.6. The van der Waals surface area contributed by atoms with Crippen LogP contribution in [0, 0.1) is 10.4 Å². The summed E-state index contributed by atoms with van der Waals surface area (Å²) < 4.78 is 21.9. The van der Waals surface area contributed by atoms with Gasteiger partial charge in [-0.2, -0.15) is 0 Å². The standard InChI is InChI=1S/C38H32N2O6/c1-43-25-14-8-22(9-15-25)20-21-40-36-31(24-12-18-27(45-3)19-13-24)37(41)35-32(28-6-5-7-29(46-4)34(28)39-35)33(36)30(38(40)42)23-10-16-26(44-2)17-11-23/h5-19,41H,20-21H2,1-4H3. The predicted molar refractivity (Wildman–Crippen MR) is 176 cm³/mol. The van der Waals surface area contributed by atoms with Gasteiger partial charge in [0, 0.05) is 22.2 Å². The van der Waals surface area contributed by atoms with Crippen molar-refractivity contribution in [2.45, 2.75) is 6.42 Å². The highest BCUT2D eigenvalue weighted by atomic mass is 16.5. The molecule has 2 aliphatic heterocycles. The molecule has 0 bridgehead atoms. The van der Waals surface area contributed by atoms with Gasteiger partial charge in [0.1, 0.15) is 34.0 Å². The molecule has 230 valence electrons. The summed E-state index contributed by atoms with van der Waals surface area (Å²) in [6.45, 7) is 0.376. The number of phenols is 1. The van der Waals surface area contributed by atoms with Crippen LogP contribution in [-0.2, 0) is 11.2 Å². The fourth-order valence-electron chi connectivity index (χ4n) is 6.36. The van der Waals surface area contributed by atoms with E-state index in [1.54, 1.807) is 33.3 Å². The number of anilines is 1. The summed E-state index contributed by atoms with van der Waals surface area (Å²) in [6, 6.07) is 28.5. The van der Waals surface area contributed by atoms with Gasteiger partial charge in [0.2, 0.25) is 0 Å². The van der Waals surface area contributed by atoms with E-state index in [0.717, 1.165) is 32.9 Å². The quantitative estimate of drug-likeness (QED) is 0.234. The first-order chi connectivity index (χ1) is 22.5. The highest BCUT2D eigenvalue weighted by Gasteiger charge is 2.36.